The van der Waals surface area contributed by atoms with E-state index in [1.54, 1.807) is 24.1 Å². The molecule has 3 N–H and O–H groups in total. The number of aromatic nitrogens is 5. The minimum Gasteiger partial charge on any atom is -0.478 e. The molecule has 0 radical (unpaired) electrons. The fourth-order valence-electron chi connectivity index (χ4n) is 4.77. The molecule has 4 heterocycles. The van der Waals surface area contributed by atoms with Gasteiger partial charge in [0.2, 0.25) is 11.9 Å². The first kappa shape index (κ1) is 25.6. The van der Waals surface area contributed by atoms with Gasteiger partial charge in [-0.25, -0.2) is 14.4 Å². The summed E-state index contributed by atoms with van der Waals surface area (Å²) in [5.74, 6) is -0.0768. The molecule has 0 saturated carbocycles. The van der Waals surface area contributed by atoms with Crippen LogP contribution in [0.3, 0.4) is 0 Å². The van der Waals surface area contributed by atoms with E-state index in [-0.39, 0.29) is 23.6 Å². The van der Waals surface area contributed by atoms with Crippen LogP contribution >= 0.6 is 0 Å². The van der Waals surface area contributed by atoms with Crippen molar-refractivity contribution in [1.82, 2.24) is 34.5 Å². The van der Waals surface area contributed by atoms with Crippen molar-refractivity contribution in [2.45, 2.75) is 19.9 Å². The van der Waals surface area contributed by atoms with E-state index in [0.29, 0.717) is 28.3 Å². The number of nitrogens with one attached hydrogen (secondary N) is 3. The zero-order valence-corrected chi connectivity index (χ0v) is 22.0. The molecule has 3 aromatic heterocycles. The number of nitrogens with zero attached hydrogens (tertiary/aromatic N) is 6. The Labute approximate surface area is 220 Å². The highest BCUT2D eigenvalue weighted by Crippen LogP contribution is 2.34. The molecule has 5 rings (SSSR count). The lowest BCUT2D eigenvalue weighted by Gasteiger charge is -2.36. The largest absolute Gasteiger partial charge is 0.478 e. The quantitative estimate of drug-likeness (QED) is 0.324. The van der Waals surface area contributed by atoms with Gasteiger partial charge in [-0.15, -0.1) is 5.10 Å². The summed E-state index contributed by atoms with van der Waals surface area (Å²) in [5, 5.41) is 11.0. The van der Waals surface area contributed by atoms with Crippen LogP contribution in [0.2, 0.25) is 0 Å². The van der Waals surface area contributed by atoms with Gasteiger partial charge < -0.3 is 25.3 Å². The molecule has 11 nitrogen and oxygen atoms in total. The zero-order valence-electron chi connectivity index (χ0n) is 22.0. The molecule has 0 aliphatic carbocycles. The lowest BCUT2D eigenvalue weighted by atomic mass is 10.1. The summed E-state index contributed by atoms with van der Waals surface area (Å²) >= 11 is 0. The Morgan fingerprint density at radius 3 is 2.76 bits per heavy atom. The van der Waals surface area contributed by atoms with Crippen molar-refractivity contribution in [2.24, 2.45) is 7.05 Å². The molecule has 200 valence electrons. The number of hydrogen-bond donors (Lipinski definition) is 3. The highest BCUT2D eigenvalue weighted by atomic mass is 19.1. The van der Waals surface area contributed by atoms with Crippen molar-refractivity contribution in [3.05, 3.63) is 42.6 Å². The number of carbonyl (C=O) groups excluding carboxylic acids is 1. The molecular formula is C26H32FN9O2. The number of ether oxygens (including phenoxy) is 1. The van der Waals surface area contributed by atoms with Crippen molar-refractivity contribution in [1.29, 1.82) is 0 Å². The maximum absolute atomic E-state index is 14.9. The second-order valence-corrected chi connectivity index (χ2v) is 9.31. The number of hydrogen-bond acceptors (Lipinski definition) is 8. The van der Waals surface area contributed by atoms with Gasteiger partial charge in [-0.05, 0) is 19.5 Å². The Morgan fingerprint density at radius 2 is 2.03 bits per heavy atom. The highest BCUT2D eigenvalue weighted by Gasteiger charge is 2.26. The Hall–Kier alpha value is -4.03. The summed E-state index contributed by atoms with van der Waals surface area (Å²) in [4.78, 5) is 29.4. The molecule has 0 bridgehead atoms. The number of aromatic amines is 1. The summed E-state index contributed by atoms with van der Waals surface area (Å²) in [7, 11) is 3.28. The average Bonchev–Trinajstić information content (AvgIpc) is 3.52. The number of halogens is 1. The summed E-state index contributed by atoms with van der Waals surface area (Å²) < 4.78 is 21.8. The van der Waals surface area contributed by atoms with Crippen LogP contribution in [0, 0.1) is 5.82 Å². The normalized spacial score (nSPS) is 15.5. The van der Waals surface area contributed by atoms with Crippen molar-refractivity contribution >= 4 is 34.1 Å². The number of benzene rings is 1. The topological polar surface area (TPSA) is 116 Å². The second-order valence-electron chi connectivity index (χ2n) is 9.31. The summed E-state index contributed by atoms with van der Waals surface area (Å²) in [5.41, 5.74) is 2.57. The number of H-pyrrole nitrogens is 1. The minimum absolute atomic E-state index is 0.0799. The van der Waals surface area contributed by atoms with E-state index in [2.05, 4.69) is 47.4 Å². The molecule has 1 atom stereocenters. The van der Waals surface area contributed by atoms with Gasteiger partial charge in [0, 0.05) is 50.4 Å². The molecule has 0 spiro atoms. The van der Waals surface area contributed by atoms with Gasteiger partial charge in [0.05, 0.1) is 36.7 Å². The first-order valence-electron chi connectivity index (χ1n) is 12.6. The fraction of sp³-hybridized carbons (Fsp3) is 0.385. The third kappa shape index (κ3) is 5.04. The summed E-state index contributed by atoms with van der Waals surface area (Å²) in [6.07, 6.45) is 4.53. The van der Waals surface area contributed by atoms with Crippen molar-refractivity contribution in [2.75, 3.05) is 50.5 Å². The van der Waals surface area contributed by atoms with Crippen LogP contribution in [-0.4, -0.2) is 86.3 Å². The van der Waals surface area contributed by atoms with Gasteiger partial charge in [0.15, 0.2) is 5.82 Å². The summed E-state index contributed by atoms with van der Waals surface area (Å²) in [6, 6.07) is 5.26. The average molecular weight is 522 g/mol. The molecule has 1 amide bonds. The highest BCUT2D eigenvalue weighted by molar-refractivity contribution is 6.06. The van der Waals surface area contributed by atoms with Crippen LogP contribution in [0.25, 0.3) is 22.2 Å². The lowest BCUT2D eigenvalue weighted by molar-refractivity contribution is -0.121. The van der Waals surface area contributed by atoms with Gasteiger partial charge in [0.25, 0.3) is 5.88 Å². The van der Waals surface area contributed by atoms with E-state index in [1.807, 2.05) is 25.1 Å². The molecule has 1 aliphatic heterocycles. The molecule has 1 aromatic carbocycles. The van der Waals surface area contributed by atoms with Gasteiger partial charge in [-0.1, -0.05) is 19.1 Å². The Morgan fingerprint density at radius 1 is 1.24 bits per heavy atom. The van der Waals surface area contributed by atoms with Gasteiger partial charge >= 0.3 is 0 Å². The zero-order chi connectivity index (χ0) is 26.8. The number of aryl methyl sites for hydroxylation is 1. The van der Waals surface area contributed by atoms with Crippen LogP contribution in [0.15, 0.2) is 36.8 Å². The minimum atomic E-state index is -0.566. The Balaban J connectivity index is 1.38. The number of methoxy groups -OCH3 is 1. The second kappa shape index (κ2) is 10.8. The molecular weight excluding hydrogens is 489 g/mol. The van der Waals surface area contributed by atoms with E-state index in [9.17, 15) is 9.18 Å². The Kier molecular flexibility index (Phi) is 7.25. The predicted octanol–water partition coefficient (Wildman–Crippen LogP) is 3.21. The molecule has 1 aliphatic rings. The standard InChI is InChI=1S/C26H32FN9O2/c1-5-35-9-11-36(12-10-35)16(2)24(37)30-20-8-6-7-17-18(13-28-23(17)20)22-19(27)14-29-26(32-22)31-21-15-34(3)33-25(21)38-4/h6-8,13-16,28H,5,9-12H2,1-4H3,(H,30,37)(H,29,31,32). The fourth-order valence-corrected chi connectivity index (χ4v) is 4.77. The molecule has 38 heavy (non-hydrogen) atoms. The number of likely N-dealkylation sites (N-methyl/N-ethyl adjacent to an activating group) is 1. The third-order valence-corrected chi connectivity index (χ3v) is 6.99. The number of fused-ring (bicyclic) bond motifs is 1. The molecule has 4 aromatic rings. The van der Waals surface area contributed by atoms with Crippen LogP contribution in [0.5, 0.6) is 5.88 Å². The van der Waals surface area contributed by atoms with Crippen LogP contribution in [0.1, 0.15) is 13.8 Å². The molecule has 12 heteroatoms. The smallest absolute Gasteiger partial charge is 0.256 e. The van der Waals surface area contributed by atoms with Crippen LogP contribution in [0.4, 0.5) is 21.7 Å². The van der Waals surface area contributed by atoms with E-state index < -0.39 is 5.82 Å². The van der Waals surface area contributed by atoms with E-state index in [4.69, 9.17) is 4.74 Å². The monoisotopic (exact) mass is 521 g/mol. The Bertz CT molecular complexity index is 1440. The first-order chi connectivity index (χ1) is 18.4. The van der Waals surface area contributed by atoms with E-state index in [1.165, 1.54) is 7.11 Å². The number of carbonyl (C=O) groups is 1. The van der Waals surface area contributed by atoms with Crippen molar-refractivity contribution in [3.63, 3.8) is 0 Å². The van der Waals surface area contributed by atoms with Crippen LogP contribution in [-0.2, 0) is 11.8 Å². The van der Waals surface area contributed by atoms with Gasteiger partial charge in [-0.3, -0.25) is 14.4 Å². The maximum Gasteiger partial charge on any atom is 0.256 e. The van der Waals surface area contributed by atoms with E-state index in [0.717, 1.165) is 44.3 Å². The number of para-hydroxylation sites is 1. The lowest BCUT2D eigenvalue weighted by Crippen LogP contribution is -2.52. The van der Waals surface area contributed by atoms with Crippen LogP contribution < -0.4 is 15.4 Å². The number of piperazine rings is 1. The van der Waals surface area contributed by atoms with Crippen molar-refractivity contribution < 1.29 is 13.9 Å². The first-order valence-corrected chi connectivity index (χ1v) is 12.6. The number of amides is 1. The van der Waals surface area contributed by atoms with Crippen molar-refractivity contribution in [3.8, 4) is 17.1 Å². The number of rotatable bonds is 8. The molecule has 1 saturated heterocycles. The molecule has 1 unspecified atom stereocenters. The van der Waals surface area contributed by atoms with Gasteiger partial charge in [0.1, 0.15) is 11.4 Å². The van der Waals surface area contributed by atoms with E-state index >= 15 is 0 Å². The summed E-state index contributed by atoms with van der Waals surface area (Å²) in [6.45, 7) is 8.73. The number of anilines is 3. The third-order valence-electron chi connectivity index (χ3n) is 6.99. The molecule has 1 fully saturated rings. The SMILES string of the molecule is CCN1CCN(C(C)C(=O)Nc2cccc3c(-c4nc(Nc5cn(C)nc5OC)ncc4F)c[nH]c23)CC1. The van der Waals surface area contributed by atoms with Gasteiger partial charge in [-0.2, -0.15) is 0 Å². The maximum atomic E-state index is 14.9. The predicted molar refractivity (Wildman–Crippen MR) is 144 cm³/mol.